The van der Waals surface area contributed by atoms with Gasteiger partial charge in [0.25, 0.3) is 0 Å². The van der Waals surface area contributed by atoms with E-state index in [1.807, 2.05) is 30.5 Å². The molecular weight excluding hydrogens is 340 g/mol. The Hall–Kier alpha value is -2.51. The Balaban J connectivity index is 1.77. The first-order valence-electron chi connectivity index (χ1n) is 7.74. The predicted octanol–water partition coefficient (Wildman–Crippen LogP) is 3.72. The smallest absolute Gasteiger partial charge is 0.203 e. The molecule has 2 aromatic heterocycles. The van der Waals surface area contributed by atoms with E-state index in [2.05, 4.69) is 10.3 Å². The zero-order chi connectivity index (χ0) is 17.6. The van der Waals surface area contributed by atoms with Crippen LogP contribution in [0.2, 0.25) is 0 Å². The molecule has 0 fully saturated rings. The molecule has 0 aliphatic heterocycles. The summed E-state index contributed by atoms with van der Waals surface area (Å²) < 4.78 is 21.6. The summed E-state index contributed by atoms with van der Waals surface area (Å²) >= 11 is 1.60. The Bertz CT molecular complexity index is 815. The highest BCUT2D eigenvalue weighted by Crippen LogP contribution is 2.45. The van der Waals surface area contributed by atoms with E-state index in [9.17, 15) is 0 Å². The van der Waals surface area contributed by atoms with Crippen molar-refractivity contribution in [2.24, 2.45) is 0 Å². The van der Waals surface area contributed by atoms with Crippen molar-refractivity contribution in [3.8, 4) is 27.7 Å². The number of furan rings is 1. The molecule has 3 rings (SSSR count). The molecule has 0 amide bonds. The Kier molecular flexibility index (Phi) is 5.57. The molecule has 132 valence electrons. The van der Waals surface area contributed by atoms with Gasteiger partial charge < -0.3 is 23.9 Å². The zero-order valence-electron chi connectivity index (χ0n) is 14.4. The van der Waals surface area contributed by atoms with E-state index in [-0.39, 0.29) is 0 Å². The second kappa shape index (κ2) is 8.04. The molecule has 0 aliphatic carbocycles. The maximum absolute atomic E-state index is 5.55. The summed E-state index contributed by atoms with van der Waals surface area (Å²) in [5.74, 6) is 2.75. The second-order valence-electron chi connectivity index (χ2n) is 5.18. The van der Waals surface area contributed by atoms with Crippen LogP contribution < -0.4 is 19.5 Å². The number of hydrogen-bond donors (Lipinski definition) is 1. The molecule has 0 atom stereocenters. The summed E-state index contributed by atoms with van der Waals surface area (Å²) in [5.41, 5.74) is 0.926. The number of hydrogen-bond acceptors (Lipinski definition) is 7. The van der Waals surface area contributed by atoms with Gasteiger partial charge in [-0.3, -0.25) is 0 Å². The minimum absolute atomic E-state index is 0.577. The van der Waals surface area contributed by atoms with Crippen LogP contribution in [0.4, 0.5) is 0 Å². The van der Waals surface area contributed by atoms with Gasteiger partial charge in [0.1, 0.15) is 10.8 Å². The minimum atomic E-state index is 0.577. The maximum Gasteiger partial charge on any atom is 0.203 e. The van der Waals surface area contributed by atoms with Crippen molar-refractivity contribution >= 4 is 11.3 Å². The molecule has 2 heterocycles. The van der Waals surface area contributed by atoms with Gasteiger partial charge in [-0.15, -0.1) is 11.3 Å². The molecule has 0 saturated carbocycles. The van der Waals surface area contributed by atoms with Crippen molar-refractivity contribution in [3.63, 3.8) is 0 Å². The van der Waals surface area contributed by atoms with Gasteiger partial charge in [0.15, 0.2) is 11.5 Å². The molecule has 6 nitrogen and oxygen atoms in total. The van der Waals surface area contributed by atoms with E-state index < -0.39 is 0 Å². The summed E-state index contributed by atoms with van der Waals surface area (Å²) in [4.78, 5) is 5.49. The van der Waals surface area contributed by atoms with Crippen molar-refractivity contribution < 1.29 is 18.6 Å². The molecule has 0 spiro atoms. The zero-order valence-corrected chi connectivity index (χ0v) is 15.2. The van der Waals surface area contributed by atoms with Crippen LogP contribution in [0.5, 0.6) is 17.2 Å². The molecule has 0 aliphatic rings. The summed E-state index contributed by atoms with van der Waals surface area (Å²) in [6, 6.07) is 7.63. The largest absolute Gasteiger partial charge is 0.493 e. The first-order chi connectivity index (χ1) is 12.3. The third kappa shape index (κ3) is 3.78. The van der Waals surface area contributed by atoms with Crippen LogP contribution in [-0.2, 0) is 13.1 Å². The lowest BCUT2D eigenvalue weighted by atomic mass is 10.1. The number of ether oxygens (including phenoxy) is 3. The number of aromatic nitrogens is 1. The van der Waals surface area contributed by atoms with Gasteiger partial charge in [0.05, 0.1) is 39.0 Å². The average molecular weight is 360 g/mol. The van der Waals surface area contributed by atoms with Crippen LogP contribution >= 0.6 is 11.3 Å². The SMILES string of the molecule is COc1ccc(-c2cnc(CNCc3ccco3)s2)c(OC)c1OC. The van der Waals surface area contributed by atoms with Crippen molar-refractivity contribution in [1.82, 2.24) is 10.3 Å². The fourth-order valence-corrected chi connectivity index (χ4v) is 3.43. The van der Waals surface area contributed by atoms with E-state index >= 15 is 0 Å². The molecule has 3 aromatic rings. The quantitative estimate of drug-likeness (QED) is 0.660. The topological polar surface area (TPSA) is 65.8 Å². The average Bonchev–Trinajstić information content (AvgIpc) is 3.32. The minimum Gasteiger partial charge on any atom is -0.493 e. The lowest BCUT2D eigenvalue weighted by Gasteiger charge is -2.14. The first kappa shape index (κ1) is 17.3. The van der Waals surface area contributed by atoms with E-state index in [4.69, 9.17) is 18.6 Å². The van der Waals surface area contributed by atoms with Crippen LogP contribution in [0.1, 0.15) is 10.8 Å². The Morgan fingerprint density at radius 1 is 1.04 bits per heavy atom. The van der Waals surface area contributed by atoms with Crippen LogP contribution in [0, 0.1) is 0 Å². The van der Waals surface area contributed by atoms with E-state index in [0.717, 1.165) is 21.2 Å². The van der Waals surface area contributed by atoms with E-state index in [1.54, 1.807) is 38.9 Å². The molecule has 0 radical (unpaired) electrons. The van der Waals surface area contributed by atoms with E-state index in [0.29, 0.717) is 30.3 Å². The number of nitrogens with zero attached hydrogens (tertiary/aromatic N) is 1. The molecule has 0 saturated heterocycles. The van der Waals surface area contributed by atoms with Gasteiger partial charge in [0, 0.05) is 18.3 Å². The monoisotopic (exact) mass is 360 g/mol. The lowest BCUT2D eigenvalue weighted by Crippen LogP contribution is -2.11. The van der Waals surface area contributed by atoms with Crippen LogP contribution in [0.15, 0.2) is 41.1 Å². The molecule has 1 aromatic carbocycles. The highest BCUT2D eigenvalue weighted by molar-refractivity contribution is 7.15. The highest BCUT2D eigenvalue weighted by Gasteiger charge is 2.18. The third-order valence-corrected chi connectivity index (χ3v) is 4.71. The van der Waals surface area contributed by atoms with Gasteiger partial charge in [-0.05, 0) is 24.3 Å². The molecule has 25 heavy (non-hydrogen) atoms. The Labute approximate surface area is 150 Å². The Morgan fingerprint density at radius 2 is 1.88 bits per heavy atom. The predicted molar refractivity (Wildman–Crippen MR) is 96.5 cm³/mol. The summed E-state index contributed by atoms with van der Waals surface area (Å²) in [5, 5.41) is 4.30. The van der Waals surface area contributed by atoms with Crippen molar-refractivity contribution in [2.75, 3.05) is 21.3 Å². The van der Waals surface area contributed by atoms with E-state index in [1.165, 1.54) is 0 Å². The first-order valence-corrected chi connectivity index (χ1v) is 8.55. The Morgan fingerprint density at radius 3 is 2.56 bits per heavy atom. The summed E-state index contributed by atoms with van der Waals surface area (Å²) in [6.07, 6.45) is 3.51. The van der Waals surface area contributed by atoms with Crippen LogP contribution in [-0.4, -0.2) is 26.3 Å². The fraction of sp³-hybridized carbons (Fsp3) is 0.278. The highest BCUT2D eigenvalue weighted by atomic mass is 32.1. The van der Waals surface area contributed by atoms with Gasteiger partial charge in [-0.2, -0.15) is 0 Å². The number of benzene rings is 1. The van der Waals surface area contributed by atoms with Crippen LogP contribution in [0.3, 0.4) is 0 Å². The lowest BCUT2D eigenvalue weighted by molar-refractivity contribution is 0.325. The van der Waals surface area contributed by atoms with Crippen LogP contribution in [0.25, 0.3) is 10.4 Å². The normalized spacial score (nSPS) is 10.7. The standard InChI is InChI=1S/C18H20N2O4S/c1-21-14-7-6-13(17(22-2)18(14)23-3)15-10-20-16(25-15)11-19-9-12-5-4-8-24-12/h4-8,10,19H,9,11H2,1-3H3. The van der Waals surface area contributed by atoms with Gasteiger partial charge in [-0.25, -0.2) is 4.98 Å². The summed E-state index contributed by atoms with van der Waals surface area (Å²) in [7, 11) is 4.82. The fourth-order valence-electron chi connectivity index (χ4n) is 2.52. The number of thiazole rings is 1. The van der Waals surface area contributed by atoms with Crippen molar-refractivity contribution in [1.29, 1.82) is 0 Å². The third-order valence-electron chi connectivity index (χ3n) is 3.68. The molecule has 1 N–H and O–H groups in total. The molecule has 0 bridgehead atoms. The second-order valence-corrected chi connectivity index (χ2v) is 6.30. The maximum atomic E-state index is 5.55. The number of methoxy groups -OCH3 is 3. The number of nitrogens with one attached hydrogen (secondary N) is 1. The van der Waals surface area contributed by atoms with Gasteiger partial charge >= 0.3 is 0 Å². The number of rotatable bonds is 8. The van der Waals surface area contributed by atoms with Crippen molar-refractivity contribution in [3.05, 3.63) is 47.5 Å². The van der Waals surface area contributed by atoms with Gasteiger partial charge in [-0.1, -0.05) is 0 Å². The summed E-state index contributed by atoms with van der Waals surface area (Å²) in [6.45, 7) is 1.34. The molecule has 7 heteroatoms. The molecule has 0 unspecified atom stereocenters. The van der Waals surface area contributed by atoms with Crippen molar-refractivity contribution in [2.45, 2.75) is 13.1 Å². The molecular formula is C18H20N2O4S. The van der Waals surface area contributed by atoms with Gasteiger partial charge in [0.2, 0.25) is 5.75 Å².